The number of amides is 1. The van der Waals surface area contributed by atoms with E-state index in [-0.39, 0.29) is 5.91 Å². The van der Waals surface area contributed by atoms with Crippen LogP contribution in [-0.2, 0) is 4.79 Å². The number of carbonyl (C=O) groups excluding carboxylic acids is 1. The summed E-state index contributed by atoms with van der Waals surface area (Å²) in [6.45, 7) is 10.0. The Labute approximate surface area is 112 Å². The maximum atomic E-state index is 11.8. The van der Waals surface area contributed by atoms with Gasteiger partial charge in [-0.25, -0.2) is 0 Å². The van der Waals surface area contributed by atoms with Gasteiger partial charge in [0.2, 0.25) is 5.91 Å². The van der Waals surface area contributed by atoms with E-state index in [1.807, 2.05) is 14.0 Å². The minimum absolute atomic E-state index is 0.250. The molecular formula is C14H29N3O. The summed E-state index contributed by atoms with van der Waals surface area (Å²) in [7, 11) is 1.88. The molecule has 0 spiro atoms. The molecule has 1 rings (SSSR count). The fraction of sp³-hybridized carbons (Fsp3) is 0.929. The van der Waals surface area contributed by atoms with E-state index in [2.05, 4.69) is 17.1 Å². The van der Waals surface area contributed by atoms with Crippen LogP contribution >= 0.6 is 0 Å². The Bertz CT molecular complexity index is 237. The molecule has 0 radical (unpaired) electrons. The number of nitrogens with one attached hydrogen (secondary N) is 1. The molecule has 1 amide bonds. The lowest BCUT2D eigenvalue weighted by atomic mass is 9.97. The first-order valence-electron chi connectivity index (χ1n) is 7.34. The standard InChI is InChI=1S/C14H29N3O/c1-4-8-15-11-13-6-9-17(10-7-13)12-14(18)16(3)5-2/h13,15H,4-12H2,1-3H3. The first-order valence-corrected chi connectivity index (χ1v) is 7.34. The smallest absolute Gasteiger partial charge is 0.236 e. The maximum Gasteiger partial charge on any atom is 0.236 e. The van der Waals surface area contributed by atoms with Gasteiger partial charge in [0.15, 0.2) is 0 Å². The van der Waals surface area contributed by atoms with Crippen molar-refractivity contribution in [2.75, 3.05) is 46.3 Å². The molecule has 4 heteroatoms. The van der Waals surface area contributed by atoms with Gasteiger partial charge in [-0.05, 0) is 58.3 Å². The molecule has 0 aromatic rings. The topological polar surface area (TPSA) is 35.6 Å². The number of hydrogen-bond acceptors (Lipinski definition) is 3. The molecule has 0 unspecified atom stereocenters. The quantitative estimate of drug-likeness (QED) is 0.694. The van der Waals surface area contributed by atoms with Crippen LogP contribution in [0.25, 0.3) is 0 Å². The molecule has 1 aliphatic heterocycles. The highest BCUT2D eigenvalue weighted by Crippen LogP contribution is 2.16. The number of likely N-dealkylation sites (N-methyl/N-ethyl adjacent to an activating group) is 1. The molecule has 0 bridgehead atoms. The second-order valence-corrected chi connectivity index (χ2v) is 5.33. The third-order valence-electron chi connectivity index (χ3n) is 3.83. The van der Waals surface area contributed by atoms with Crippen LogP contribution in [0.1, 0.15) is 33.1 Å². The zero-order chi connectivity index (χ0) is 13.4. The Balaban J connectivity index is 2.17. The highest BCUT2D eigenvalue weighted by atomic mass is 16.2. The van der Waals surface area contributed by atoms with Crippen LogP contribution in [0.2, 0.25) is 0 Å². The van der Waals surface area contributed by atoms with Crippen LogP contribution in [0.5, 0.6) is 0 Å². The van der Waals surface area contributed by atoms with Crippen LogP contribution in [0.15, 0.2) is 0 Å². The predicted octanol–water partition coefficient (Wildman–Crippen LogP) is 1.18. The lowest BCUT2D eigenvalue weighted by Gasteiger charge is -2.32. The summed E-state index contributed by atoms with van der Waals surface area (Å²) in [5, 5.41) is 3.49. The number of likely N-dealkylation sites (tertiary alicyclic amines) is 1. The summed E-state index contributed by atoms with van der Waals surface area (Å²) in [6.07, 6.45) is 3.65. The van der Waals surface area contributed by atoms with Gasteiger partial charge in [0.25, 0.3) is 0 Å². The van der Waals surface area contributed by atoms with Crippen LogP contribution in [0.3, 0.4) is 0 Å². The molecule has 1 heterocycles. The number of hydrogen-bond donors (Lipinski definition) is 1. The van der Waals surface area contributed by atoms with Crippen LogP contribution in [-0.4, -0.2) is 62.0 Å². The lowest BCUT2D eigenvalue weighted by Crippen LogP contribution is -2.43. The van der Waals surface area contributed by atoms with Crippen LogP contribution in [0.4, 0.5) is 0 Å². The summed E-state index contributed by atoms with van der Waals surface area (Å²) >= 11 is 0. The Hall–Kier alpha value is -0.610. The Kier molecular flexibility index (Phi) is 7.28. The summed E-state index contributed by atoms with van der Waals surface area (Å²) in [5.41, 5.74) is 0. The predicted molar refractivity (Wildman–Crippen MR) is 75.6 cm³/mol. The van der Waals surface area contributed by atoms with Crippen LogP contribution in [0, 0.1) is 5.92 Å². The van der Waals surface area contributed by atoms with Crippen LogP contribution < -0.4 is 5.32 Å². The fourth-order valence-electron chi connectivity index (χ4n) is 2.32. The van der Waals surface area contributed by atoms with Gasteiger partial charge in [-0.15, -0.1) is 0 Å². The summed E-state index contributed by atoms with van der Waals surface area (Å²) in [6, 6.07) is 0. The summed E-state index contributed by atoms with van der Waals surface area (Å²) < 4.78 is 0. The van der Waals surface area contributed by atoms with E-state index in [0.29, 0.717) is 6.54 Å². The van der Waals surface area contributed by atoms with E-state index < -0.39 is 0 Å². The van der Waals surface area contributed by atoms with Crippen molar-refractivity contribution in [3.8, 4) is 0 Å². The molecule has 0 atom stereocenters. The second kappa shape index (κ2) is 8.48. The van der Waals surface area contributed by atoms with Crippen molar-refractivity contribution in [3.63, 3.8) is 0 Å². The Morgan fingerprint density at radius 1 is 1.33 bits per heavy atom. The van der Waals surface area contributed by atoms with Crippen molar-refractivity contribution in [2.24, 2.45) is 5.92 Å². The lowest BCUT2D eigenvalue weighted by molar-refractivity contribution is -0.131. The Morgan fingerprint density at radius 2 is 2.00 bits per heavy atom. The summed E-state index contributed by atoms with van der Waals surface area (Å²) in [5.74, 6) is 1.05. The molecule has 0 saturated carbocycles. The average Bonchev–Trinajstić information content (AvgIpc) is 2.40. The minimum Gasteiger partial charge on any atom is -0.345 e. The van der Waals surface area contributed by atoms with E-state index in [1.165, 1.54) is 19.3 Å². The molecule has 4 nitrogen and oxygen atoms in total. The number of piperidine rings is 1. The minimum atomic E-state index is 0.250. The van der Waals surface area contributed by atoms with E-state index in [9.17, 15) is 4.79 Å². The monoisotopic (exact) mass is 255 g/mol. The molecule has 1 N–H and O–H groups in total. The molecule has 18 heavy (non-hydrogen) atoms. The molecule has 1 fully saturated rings. The van der Waals surface area contributed by atoms with Crippen molar-refractivity contribution in [3.05, 3.63) is 0 Å². The molecule has 1 saturated heterocycles. The summed E-state index contributed by atoms with van der Waals surface area (Å²) in [4.78, 5) is 15.9. The third kappa shape index (κ3) is 5.36. The SMILES string of the molecule is CCCNCC1CCN(CC(=O)N(C)CC)CC1. The van der Waals surface area contributed by atoms with Gasteiger partial charge in [-0.3, -0.25) is 9.69 Å². The van der Waals surface area contributed by atoms with E-state index >= 15 is 0 Å². The fourth-order valence-corrected chi connectivity index (χ4v) is 2.32. The van der Waals surface area contributed by atoms with Crippen molar-refractivity contribution in [1.29, 1.82) is 0 Å². The highest BCUT2D eigenvalue weighted by Gasteiger charge is 2.21. The number of rotatable bonds is 7. The average molecular weight is 255 g/mol. The van der Waals surface area contributed by atoms with Gasteiger partial charge in [0, 0.05) is 13.6 Å². The molecule has 1 aliphatic rings. The number of nitrogens with zero attached hydrogens (tertiary/aromatic N) is 2. The highest BCUT2D eigenvalue weighted by molar-refractivity contribution is 5.77. The van der Waals surface area contributed by atoms with Gasteiger partial charge in [-0.2, -0.15) is 0 Å². The first kappa shape index (κ1) is 15.4. The molecule has 0 aromatic carbocycles. The molecular weight excluding hydrogens is 226 g/mol. The first-order chi connectivity index (χ1) is 8.67. The van der Waals surface area contributed by atoms with Gasteiger partial charge >= 0.3 is 0 Å². The van der Waals surface area contributed by atoms with E-state index in [1.54, 1.807) is 4.90 Å². The van der Waals surface area contributed by atoms with Gasteiger partial charge in [-0.1, -0.05) is 6.92 Å². The van der Waals surface area contributed by atoms with Crippen molar-refractivity contribution < 1.29 is 4.79 Å². The Morgan fingerprint density at radius 3 is 2.56 bits per heavy atom. The maximum absolute atomic E-state index is 11.8. The van der Waals surface area contributed by atoms with Crippen molar-refractivity contribution in [2.45, 2.75) is 33.1 Å². The zero-order valence-electron chi connectivity index (χ0n) is 12.2. The zero-order valence-corrected chi connectivity index (χ0v) is 12.2. The largest absolute Gasteiger partial charge is 0.345 e. The van der Waals surface area contributed by atoms with Gasteiger partial charge < -0.3 is 10.2 Å². The molecule has 0 aromatic heterocycles. The third-order valence-corrected chi connectivity index (χ3v) is 3.83. The second-order valence-electron chi connectivity index (χ2n) is 5.33. The van der Waals surface area contributed by atoms with Crippen molar-refractivity contribution in [1.82, 2.24) is 15.1 Å². The number of carbonyl (C=O) groups is 1. The van der Waals surface area contributed by atoms with Gasteiger partial charge in [0.05, 0.1) is 6.54 Å². The normalized spacial score (nSPS) is 17.9. The van der Waals surface area contributed by atoms with E-state index in [0.717, 1.165) is 38.6 Å². The molecule has 0 aliphatic carbocycles. The van der Waals surface area contributed by atoms with Gasteiger partial charge in [0.1, 0.15) is 0 Å². The molecule has 106 valence electrons. The van der Waals surface area contributed by atoms with Crippen molar-refractivity contribution >= 4 is 5.91 Å². The van der Waals surface area contributed by atoms with E-state index in [4.69, 9.17) is 0 Å².